The quantitative estimate of drug-likeness (QED) is 0.701. The number of carbonyl (C=O) groups is 2. The Morgan fingerprint density at radius 1 is 1.26 bits per heavy atom. The van der Waals surface area contributed by atoms with E-state index in [0.717, 1.165) is 13.0 Å². The average molecular weight is 429 g/mol. The van der Waals surface area contributed by atoms with Crippen molar-refractivity contribution in [1.82, 2.24) is 4.90 Å². The molecule has 31 heavy (non-hydrogen) atoms. The summed E-state index contributed by atoms with van der Waals surface area (Å²) in [6, 6.07) is 6.44. The third-order valence-electron chi connectivity index (χ3n) is 7.07. The summed E-state index contributed by atoms with van der Waals surface area (Å²) in [5, 5.41) is 11.0. The molecule has 168 valence electrons. The summed E-state index contributed by atoms with van der Waals surface area (Å²) in [6.45, 7) is 3.17. The number of nitrogens with zero attached hydrogens (tertiary/aromatic N) is 2. The predicted molar refractivity (Wildman–Crippen MR) is 116 cm³/mol. The maximum atomic E-state index is 12.3. The predicted octanol–water partition coefficient (Wildman–Crippen LogP) is 2.45. The van der Waals surface area contributed by atoms with E-state index in [1.807, 2.05) is 6.07 Å². The lowest BCUT2D eigenvalue weighted by Crippen LogP contribution is -2.54. The standard InChI is InChI=1S/C24H32N2O5/c1-15(27)21-11-16-7-3-4-8-17(16)12-26(21)13-22(28)20-14-31-23(25-20)18-9-5-6-10-19(18)24(29)30-2/h5-6,9-10,16-17,20-22,28H,3-4,7-8,11-14H2,1-2H3/t16?,17?,20-,21-,22?/m0/s1. The lowest BCUT2D eigenvalue weighted by Gasteiger charge is -2.46. The Bertz CT molecular complexity index is 854. The molecule has 3 aliphatic rings. The molecule has 0 aromatic heterocycles. The molecule has 2 aliphatic heterocycles. The van der Waals surface area contributed by atoms with Gasteiger partial charge in [0.15, 0.2) is 0 Å². The van der Waals surface area contributed by atoms with Crippen LogP contribution in [0.1, 0.15) is 54.9 Å². The highest BCUT2D eigenvalue weighted by Gasteiger charge is 2.40. The minimum absolute atomic E-state index is 0.125. The van der Waals surface area contributed by atoms with Crippen molar-refractivity contribution in [3.63, 3.8) is 0 Å². The van der Waals surface area contributed by atoms with E-state index in [1.165, 1.54) is 32.8 Å². The van der Waals surface area contributed by atoms with Crippen LogP contribution in [0.2, 0.25) is 0 Å². The van der Waals surface area contributed by atoms with Crippen molar-refractivity contribution in [2.75, 3.05) is 26.8 Å². The molecule has 4 rings (SSSR count). The molecule has 1 N–H and O–H groups in total. The molecule has 7 nitrogen and oxygen atoms in total. The van der Waals surface area contributed by atoms with Gasteiger partial charge in [0.2, 0.25) is 5.90 Å². The van der Waals surface area contributed by atoms with Crippen LogP contribution in [-0.4, -0.2) is 72.7 Å². The Morgan fingerprint density at radius 3 is 2.74 bits per heavy atom. The van der Waals surface area contributed by atoms with Crippen LogP contribution in [0.4, 0.5) is 0 Å². The number of piperidine rings is 1. The second-order valence-corrected chi connectivity index (χ2v) is 9.04. The molecule has 7 heteroatoms. The van der Waals surface area contributed by atoms with Crippen LogP contribution in [0.3, 0.4) is 0 Å². The van der Waals surface area contributed by atoms with Gasteiger partial charge in [0.1, 0.15) is 18.4 Å². The summed E-state index contributed by atoms with van der Waals surface area (Å²) in [5.74, 6) is 1.31. The average Bonchev–Trinajstić information content (AvgIpc) is 3.28. The largest absolute Gasteiger partial charge is 0.475 e. The minimum atomic E-state index is -0.746. The van der Waals surface area contributed by atoms with E-state index < -0.39 is 18.1 Å². The number of methoxy groups -OCH3 is 1. The number of rotatable bonds is 6. The topological polar surface area (TPSA) is 88.4 Å². The Labute approximate surface area is 183 Å². The number of benzene rings is 1. The minimum Gasteiger partial charge on any atom is -0.475 e. The number of aliphatic imine (C=N–C) groups is 1. The Kier molecular flexibility index (Phi) is 6.72. The fraction of sp³-hybridized carbons (Fsp3) is 0.625. The molecule has 0 radical (unpaired) electrons. The fourth-order valence-corrected chi connectivity index (χ4v) is 5.38. The third-order valence-corrected chi connectivity index (χ3v) is 7.07. The molecule has 1 saturated heterocycles. The van der Waals surface area contributed by atoms with Gasteiger partial charge in [-0.2, -0.15) is 0 Å². The van der Waals surface area contributed by atoms with Gasteiger partial charge in [-0.3, -0.25) is 9.69 Å². The highest BCUT2D eigenvalue weighted by Crippen LogP contribution is 2.39. The molecule has 5 atom stereocenters. The first-order valence-corrected chi connectivity index (χ1v) is 11.3. The monoisotopic (exact) mass is 428 g/mol. The van der Waals surface area contributed by atoms with Crippen molar-refractivity contribution in [3.8, 4) is 0 Å². The van der Waals surface area contributed by atoms with Crippen LogP contribution in [0, 0.1) is 11.8 Å². The lowest BCUT2D eigenvalue weighted by atomic mass is 9.72. The first-order valence-electron chi connectivity index (χ1n) is 11.3. The first kappa shape index (κ1) is 22.0. The maximum Gasteiger partial charge on any atom is 0.338 e. The van der Waals surface area contributed by atoms with Crippen LogP contribution >= 0.6 is 0 Å². The number of carbonyl (C=O) groups excluding carboxylic acids is 2. The summed E-state index contributed by atoms with van der Waals surface area (Å²) >= 11 is 0. The smallest absolute Gasteiger partial charge is 0.338 e. The van der Waals surface area contributed by atoms with E-state index >= 15 is 0 Å². The summed E-state index contributed by atoms with van der Waals surface area (Å²) in [4.78, 5) is 31.1. The van der Waals surface area contributed by atoms with E-state index in [-0.39, 0.29) is 18.4 Å². The molecule has 1 aliphatic carbocycles. The van der Waals surface area contributed by atoms with E-state index in [4.69, 9.17) is 9.47 Å². The van der Waals surface area contributed by atoms with Crippen molar-refractivity contribution in [1.29, 1.82) is 0 Å². The highest BCUT2D eigenvalue weighted by molar-refractivity contribution is 6.05. The molecule has 1 aromatic rings. The summed E-state index contributed by atoms with van der Waals surface area (Å²) < 4.78 is 10.6. The zero-order valence-electron chi connectivity index (χ0n) is 18.3. The number of hydrogen-bond donors (Lipinski definition) is 1. The molecule has 2 fully saturated rings. The number of β-amino-alcohol motifs (C(OH)–C–C–N with tert-alkyl or cyclic N) is 1. The molecule has 0 bridgehead atoms. The van der Waals surface area contributed by atoms with Gasteiger partial charge in [0.05, 0.1) is 30.4 Å². The van der Waals surface area contributed by atoms with E-state index in [2.05, 4.69) is 9.89 Å². The van der Waals surface area contributed by atoms with Crippen molar-refractivity contribution in [3.05, 3.63) is 35.4 Å². The normalized spacial score (nSPS) is 29.5. The number of esters is 1. The van der Waals surface area contributed by atoms with Crippen LogP contribution in [0.5, 0.6) is 0 Å². The number of hydrogen-bond acceptors (Lipinski definition) is 7. The fourth-order valence-electron chi connectivity index (χ4n) is 5.38. The van der Waals surface area contributed by atoms with Gasteiger partial charge in [0, 0.05) is 13.1 Å². The van der Waals surface area contributed by atoms with Crippen molar-refractivity contribution >= 4 is 17.7 Å². The van der Waals surface area contributed by atoms with Gasteiger partial charge >= 0.3 is 5.97 Å². The van der Waals surface area contributed by atoms with Crippen LogP contribution in [0.15, 0.2) is 29.3 Å². The molecular weight excluding hydrogens is 396 g/mol. The summed E-state index contributed by atoms with van der Waals surface area (Å²) in [7, 11) is 1.34. The number of aliphatic hydroxyl groups excluding tert-OH is 1. The Morgan fingerprint density at radius 2 is 2.00 bits per heavy atom. The van der Waals surface area contributed by atoms with Crippen LogP contribution < -0.4 is 0 Å². The number of likely N-dealkylation sites (tertiary alicyclic amines) is 1. The van der Waals surface area contributed by atoms with E-state index in [0.29, 0.717) is 35.4 Å². The molecular formula is C24H32N2O5. The second-order valence-electron chi connectivity index (χ2n) is 9.04. The van der Waals surface area contributed by atoms with Gasteiger partial charge in [-0.15, -0.1) is 0 Å². The van der Waals surface area contributed by atoms with Crippen LogP contribution in [0.25, 0.3) is 0 Å². The molecule has 1 saturated carbocycles. The zero-order valence-corrected chi connectivity index (χ0v) is 18.3. The van der Waals surface area contributed by atoms with E-state index in [9.17, 15) is 14.7 Å². The molecule has 2 heterocycles. The van der Waals surface area contributed by atoms with Gasteiger partial charge < -0.3 is 14.6 Å². The molecule has 1 aromatic carbocycles. The van der Waals surface area contributed by atoms with Gasteiger partial charge in [0.25, 0.3) is 0 Å². The number of Topliss-reactive ketones (excluding diaryl/α,β-unsaturated/α-hetero) is 1. The van der Waals surface area contributed by atoms with Crippen molar-refractivity contribution in [2.24, 2.45) is 16.8 Å². The number of ether oxygens (including phenoxy) is 2. The molecule has 0 spiro atoms. The Balaban J connectivity index is 1.46. The Hall–Kier alpha value is -2.25. The summed E-state index contributed by atoms with van der Waals surface area (Å²) in [6.07, 6.45) is 5.10. The second kappa shape index (κ2) is 9.49. The number of aliphatic hydroxyl groups is 1. The van der Waals surface area contributed by atoms with E-state index in [1.54, 1.807) is 25.1 Å². The SMILES string of the molecule is COC(=O)c1ccccc1C1=N[C@H](C(O)CN2CC3CCCCC3C[C@H]2C(C)=O)CO1. The maximum absolute atomic E-state index is 12.3. The molecule has 3 unspecified atom stereocenters. The number of ketones is 1. The van der Waals surface area contributed by atoms with Crippen LogP contribution in [-0.2, 0) is 14.3 Å². The lowest BCUT2D eigenvalue weighted by molar-refractivity contribution is -0.126. The van der Waals surface area contributed by atoms with Crippen molar-refractivity contribution < 1.29 is 24.2 Å². The third kappa shape index (κ3) is 4.67. The van der Waals surface area contributed by atoms with Crippen molar-refractivity contribution in [2.45, 2.75) is 57.2 Å². The zero-order chi connectivity index (χ0) is 22.0. The molecule has 0 amide bonds. The van der Waals surface area contributed by atoms with Gasteiger partial charge in [-0.1, -0.05) is 31.4 Å². The van der Waals surface area contributed by atoms with Gasteiger partial charge in [-0.25, -0.2) is 9.79 Å². The number of fused-ring (bicyclic) bond motifs is 1. The van der Waals surface area contributed by atoms with Gasteiger partial charge in [-0.05, 0) is 43.7 Å². The first-order chi connectivity index (χ1) is 15.0. The highest BCUT2D eigenvalue weighted by atomic mass is 16.5. The summed E-state index contributed by atoms with van der Waals surface area (Å²) in [5.41, 5.74) is 0.948.